The SMILES string of the molecule is [C-]#[N+]c1ccc(-c2nc(N3CCC4CCCC4C3)c(F)c(=O)n2-c2ccc3c(cnn3C)c2)cc1F. The highest BCUT2D eigenvalue weighted by molar-refractivity contribution is 5.81. The fraction of sp³-hybridized carbons (Fsp3) is 0.333. The van der Waals surface area contributed by atoms with E-state index in [-0.39, 0.29) is 17.3 Å². The van der Waals surface area contributed by atoms with Crippen molar-refractivity contribution < 1.29 is 8.78 Å². The van der Waals surface area contributed by atoms with Crippen LogP contribution in [0, 0.1) is 30.0 Å². The lowest BCUT2D eigenvalue weighted by Gasteiger charge is -2.36. The predicted octanol–water partition coefficient (Wildman–Crippen LogP) is 5.24. The van der Waals surface area contributed by atoms with E-state index in [0.29, 0.717) is 36.2 Å². The molecule has 2 aromatic heterocycles. The van der Waals surface area contributed by atoms with Crippen molar-refractivity contribution in [3.05, 3.63) is 76.0 Å². The molecule has 0 spiro atoms. The van der Waals surface area contributed by atoms with Gasteiger partial charge in [0.1, 0.15) is 11.6 Å². The van der Waals surface area contributed by atoms with Crippen LogP contribution in [0.25, 0.3) is 32.8 Å². The van der Waals surface area contributed by atoms with Crippen molar-refractivity contribution in [1.82, 2.24) is 19.3 Å². The Morgan fingerprint density at radius 1 is 1.08 bits per heavy atom. The molecule has 182 valence electrons. The van der Waals surface area contributed by atoms with Gasteiger partial charge in [-0.05, 0) is 48.9 Å². The maximum Gasteiger partial charge on any atom is 0.296 e. The smallest absolute Gasteiger partial charge is 0.296 e. The van der Waals surface area contributed by atoms with Gasteiger partial charge in [-0.15, -0.1) is 0 Å². The van der Waals surface area contributed by atoms with Crippen LogP contribution < -0.4 is 10.5 Å². The number of fused-ring (bicyclic) bond motifs is 2. The Morgan fingerprint density at radius 3 is 2.72 bits per heavy atom. The molecule has 2 aromatic carbocycles. The largest absolute Gasteiger partial charge is 0.354 e. The van der Waals surface area contributed by atoms with Gasteiger partial charge in [-0.25, -0.2) is 14.2 Å². The number of halogens is 2. The van der Waals surface area contributed by atoms with E-state index in [4.69, 9.17) is 6.57 Å². The molecule has 6 rings (SSSR count). The van der Waals surface area contributed by atoms with Crippen molar-refractivity contribution in [3.8, 4) is 17.1 Å². The first-order valence-electron chi connectivity index (χ1n) is 12.1. The molecule has 1 aliphatic carbocycles. The summed E-state index contributed by atoms with van der Waals surface area (Å²) in [5.41, 5.74) is 0.569. The second kappa shape index (κ2) is 8.55. The Balaban J connectivity index is 1.55. The van der Waals surface area contributed by atoms with Gasteiger partial charge in [0.15, 0.2) is 5.82 Å². The Labute approximate surface area is 206 Å². The van der Waals surface area contributed by atoms with Crippen LogP contribution in [0.5, 0.6) is 0 Å². The second-order valence-corrected chi connectivity index (χ2v) is 9.69. The van der Waals surface area contributed by atoms with Gasteiger partial charge in [0.2, 0.25) is 11.5 Å². The molecule has 7 nitrogen and oxygen atoms in total. The fourth-order valence-corrected chi connectivity index (χ4v) is 5.78. The number of aryl methyl sites for hydroxylation is 1. The van der Waals surface area contributed by atoms with Gasteiger partial charge in [0.25, 0.3) is 5.56 Å². The molecule has 1 aliphatic heterocycles. The predicted molar refractivity (Wildman–Crippen MR) is 133 cm³/mol. The molecule has 1 saturated carbocycles. The van der Waals surface area contributed by atoms with Crippen molar-refractivity contribution in [3.63, 3.8) is 0 Å². The monoisotopic (exact) mass is 486 g/mol. The maximum absolute atomic E-state index is 15.7. The molecule has 3 heterocycles. The summed E-state index contributed by atoms with van der Waals surface area (Å²) in [4.78, 5) is 23.3. The van der Waals surface area contributed by atoms with Crippen LogP contribution in [-0.4, -0.2) is 32.4 Å². The van der Waals surface area contributed by atoms with Gasteiger partial charge < -0.3 is 4.90 Å². The summed E-state index contributed by atoms with van der Waals surface area (Å²) >= 11 is 0. The molecule has 36 heavy (non-hydrogen) atoms. The number of rotatable bonds is 3. The van der Waals surface area contributed by atoms with Crippen molar-refractivity contribution >= 4 is 22.4 Å². The topological polar surface area (TPSA) is 60.3 Å². The Kier molecular flexibility index (Phi) is 5.32. The van der Waals surface area contributed by atoms with Gasteiger partial charge in [0, 0.05) is 31.1 Å². The average molecular weight is 487 g/mol. The van der Waals surface area contributed by atoms with Crippen molar-refractivity contribution in [2.45, 2.75) is 25.7 Å². The molecule has 2 unspecified atom stereocenters. The molecule has 2 atom stereocenters. The molecule has 0 bridgehead atoms. The van der Waals surface area contributed by atoms with Gasteiger partial charge in [-0.2, -0.15) is 9.49 Å². The first kappa shape index (κ1) is 22.4. The summed E-state index contributed by atoms with van der Waals surface area (Å²) in [6.07, 6.45) is 6.08. The minimum atomic E-state index is -0.917. The van der Waals surface area contributed by atoms with E-state index in [0.717, 1.165) is 23.7 Å². The van der Waals surface area contributed by atoms with Crippen LogP contribution >= 0.6 is 0 Å². The highest BCUT2D eigenvalue weighted by Crippen LogP contribution is 2.39. The normalized spacial score (nSPS) is 19.4. The summed E-state index contributed by atoms with van der Waals surface area (Å²) in [5, 5.41) is 5.01. The summed E-state index contributed by atoms with van der Waals surface area (Å²) in [6.45, 7) is 8.44. The summed E-state index contributed by atoms with van der Waals surface area (Å²) < 4.78 is 33.2. The standard InChI is InChI=1S/C27H24F2N6O/c1-30-22-8-6-17(13-21(22)28)25-32-26(34-11-10-16-4-3-5-18(16)15-34)24(29)27(36)35(25)20-7-9-23-19(12-20)14-31-33(23)2/h6-9,12-14,16,18H,3-5,10-11,15H2,2H3. The first-order valence-corrected chi connectivity index (χ1v) is 12.1. The van der Waals surface area contributed by atoms with E-state index in [1.807, 2.05) is 11.9 Å². The molecule has 0 amide bonds. The first-order chi connectivity index (χ1) is 17.4. The third kappa shape index (κ3) is 3.56. The molecule has 9 heteroatoms. The molecule has 2 aliphatic rings. The number of hydrogen-bond donors (Lipinski definition) is 0. The Morgan fingerprint density at radius 2 is 1.92 bits per heavy atom. The minimum Gasteiger partial charge on any atom is -0.354 e. The molecule has 4 aromatic rings. The second-order valence-electron chi connectivity index (χ2n) is 9.69. The lowest BCUT2D eigenvalue weighted by molar-refractivity contribution is 0.320. The maximum atomic E-state index is 15.7. The summed E-state index contributed by atoms with van der Waals surface area (Å²) in [6, 6.07) is 9.31. The Bertz CT molecular complexity index is 1600. The number of nitrogens with zero attached hydrogens (tertiary/aromatic N) is 6. The third-order valence-corrected chi connectivity index (χ3v) is 7.67. The highest BCUT2D eigenvalue weighted by Gasteiger charge is 2.35. The lowest BCUT2D eigenvalue weighted by Crippen LogP contribution is -2.41. The van der Waals surface area contributed by atoms with E-state index in [1.54, 1.807) is 35.1 Å². The van der Waals surface area contributed by atoms with Crippen molar-refractivity contribution in [2.24, 2.45) is 18.9 Å². The van der Waals surface area contributed by atoms with Gasteiger partial charge in [0.05, 0.1) is 24.0 Å². The van der Waals surface area contributed by atoms with Crippen LogP contribution in [0.15, 0.2) is 47.4 Å². The number of aromatic nitrogens is 4. The van der Waals surface area contributed by atoms with Gasteiger partial charge in [-0.1, -0.05) is 25.0 Å². The Hall–Kier alpha value is -4.06. The van der Waals surface area contributed by atoms with E-state index >= 15 is 4.39 Å². The zero-order chi connectivity index (χ0) is 25.0. The van der Waals surface area contributed by atoms with E-state index in [1.165, 1.54) is 29.5 Å². The van der Waals surface area contributed by atoms with E-state index < -0.39 is 17.2 Å². The molecule has 0 radical (unpaired) electrons. The van der Waals surface area contributed by atoms with E-state index in [9.17, 15) is 9.18 Å². The number of benzene rings is 2. The van der Waals surface area contributed by atoms with Crippen LogP contribution in [-0.2, 0) is 7.05 Å². The zero-order valence-electron chi connectivity index (χ0n) is 19.8. The third-order valence-electron chi connectivity index (χ3n) is 7.67. The quantitative estimate of drug-likeness (QED) is 0.372. The molecule has 1 saturated heterocycles. The highest BCUT2D eigenvalue weighted by atomic mass is 19.1. The van der Waals surface area contributed by atoms with Gasteiger partial charge >= 0.3 is 0 Å². The van der Waals surface area contributed by atoms with E-state index in [2.05, 4.69) is 14.9 Å². The van der Waals surface area contributed by atoms with Crippen LogP contribution in [0.3, 0.4) is 0 Å². The molecular weight excluding hydrogens is 462 g/mol. The lowest BCUT2D eigenvalue weighted by atomic mass is 9.89. The number of piperidine rings is 1. The summed E-state index contributed by atoms with van der Waals surface area (Å²) in [7, 11) is 1.81. The average Bonchev–Trinajstić information content (AvgIpc) is 3.51. The van der Waals surface area contributed by atoms with Crippen LogP contribution in [0.1, 0.15) is 25.7 Å². The number of anilines is 1. The fourth-order valence-electron chi connectivity index (χ4n) is 5.78. The van der Waals surface area contributed by atoms with Crippen molar-refractivity contribution in [1.29, 1.82) is 0 Å². The number of hydrogen-bond acceptors (Lipinski definition) is 4. The van der Waals surface area contributed by atoms with Gasteiger partial charge in [-0.3, -0.25) is 14.0 Å². The summed E-state index contributed by atoms with van der Waals surface area (Å²) in [5.74, 6) is -0.388. The zero-order valence-corrected chi connectivity index (χ0v) is 19.8. The molecule has 2 fully saturated rings. The van der Waals surface area contributed by atoms with Crippen LogP contribution in [0.4, 0.5) is 20.3 Å². The molecular formula is C27H24F2N6O. The minimum absolute atomic E-state index is 0.00807. The van der Waals surface area contributed by atoms with Crippen molar-refractivity contribution in [2.75, 3.05) is 18.0 Å². The molecule has 0 N–H and O–H groups in total. The van der Waals surface area contributed by atoms with Crippen LogP contribution in [0.2, 0.25) is 0 Å².